The van der Waals surface area contributed by atoms with Crippen LogP contribution in [-0.2, 0) is 9.59 Å². The van der Waals surface area contributed by atoms with Gasteiger partial charge in [-0.25, -0.2) is 4.79 Å². The van der Waals surface area contributed by atoms with Gasteiger partial charge >= 0.3 is 5.97 Å². The largest absolute Gasteiger partial charge is 0.480 e. The molecule has 1 heterocycles. The van der Waals surface area contributed by atoms with Crippen LogP contribution in [0, 0.1) is 5.92 Å². The molecule has 5 heteroatoms. The molecule has 0 spiro atoms. The normalized spacial score (nSPS) is 24.4. The SMILES string of the molecule is O=C(NC1(C(=O)O)CCSCC1)C1CCCCCC1. The highest BCUT2D eigenvalue weighted by atomic mass is 32.2. The first kappa shape index (κ1) is 14.7. The summed E-state index contributed by atoms with van der Waals surface area (Å²) in [5.74, 6) is 0.758. The van der Waals surface area contributed by atoms with Crippen LogP contribution >= 0.6 is 11.8 Å². The van der Waals surface area contributed by atoms with Gasteiger partial charge in [-0.15, -0.1) is 0 Å². The topological polar surface area (TPSA) is 66.4 Å². The van der Waals surface area contributed by atoms with Crippen molar-refractivity contribution in [1.29, 1.82) is 0 Å². The van der Waals surface area contributed by atoms with Crippen LogP contribution in [0.3, 0.4) is 0 Å². The van der Waals surface area contributed by atoms with Gasteiger partial charge in [0.15, 0.2) is 0 Å². The predicted molar refractivity (Wildman–Crippen MR) is 76.3 cm³/mol. The highest BCUT2D eigenvalue weighted by Gasteiger charge is 2.42. The molecule has 1 aliphatic carbocycles. The molecule has 1 saturated carbocycles. The van der Waals surface area contributed by atoms with Gasteiger partial charge in [0, 0.05) is 5.92 Å². The van der Waals surface area contributed by atoms with E-state index in [1.54, 1.807) is 11.8 Å². The number of carboxylic acid groups (broad SMARTS) is 1. The lowest BCUT2D eigenvalue weighted by atomic mass is 9.90. The summed E-state index contributed by atoms with van der Waals surface area (Å²) in [7, 11) is 0. The molecule has 0 radical (unpaired) electrons. The van der Waals surface area contributed by atoms with Crippen molar-refractivity contribution in [2.24, 2.45) is 5.92 Å². The lowest BCUT2D eigenvalue weighted by Gasteiger charge is -2.34. The fraction of sp³-hybridized carbons (Fsp3) is 0.857. The molecule has 108 valence electrons. The van der Waals surface area contributed by atoms with Crippen molar-refractivity contribution in [3.05, 3.63) is 0 Å². The van der Waals surface area contributed by atoms with Crippen molar-refractivity contribution in [2.45, 2.75) is 56.9 Å². The molecule has 2 N–H and O–H groups in total. The summed E-state index contributed by atoms with van der Waals surface area (Å²) in [6.45, 7) is 0. The van der Waals surface area contributed by atoms with E-state index >= 15 is 0 Å². The number of carboxylic acids is 1. The number of rotatable bonds is 3. The zero-order valence-electron chi connectivity index (χ0n) is 11.3. The van der Waals surface area contributed by atoms with Crippen molar-refractivity contribution in [3.8, 4) is 0 Å². The quantitative estimate of drug-likeness (QED) is 0.782. The van der Waals surface area contributed by atoms with E-state index in [1.807, 2.05) is 0 Å². The molecular weight excluding hydrogens is 262 g/mol. The van der Waals surface area contributed by atoms with Crippen LogP contribution in [0.2, 0.25) is 0 Å². The van der Waals surface area contributed by atoms with Crippen LogP contribution in [0.4, 0.5) is 0 Å². The Morgan fingerprint density at radius 1 is 1.05 bits per heavy atom. The molecule has 2 fully saturated rings. The second kappa shape index (κ2) is 6.64. The molecule has 19 heavy (non-hydrogen) atoms. The molecule has 1 amide bonds. The molecule has 0 bridgehead atoms. The third-order valence-electron chi connectivity index (χ3n) is 4.34. The zero-order valence-corrected chi connectivity index (χ0v) is 12.1. The van der Waals surface area contributed by atoms with Crippen LogP contribution < -0.4 is 5.32 Å². The lowest BCUT2D eigenvalue weighted by molar-refractivity contribution is -0.148. The van der Waals surface area contributed by atoms with E-state index in [0.29, 0.717) is 12.8 Å². The van der Waals surface area contributed by atoms with Crippen molar-refractivity contribution in [3.63, 3.8) is 0 Å². The molecule has 0 unspecified atom stereocenters. The van der Waals surface area contributed by atoms with E-state index in [1.165, 1.54) is 12.8 Å². The van der Waals surface area contributed by atoms with E-state index in [-0.39, 0.29) is 11.8 Å². The number of hydrogen-bond acceptors (Lipinski definition) is 3. The Kier molecular flexibility index (Phi) is 5.13. The maximum atomic E-state index is 12.3. The van der Waals surface area contributed by atoms with E-state index in [4.69, 9.17) is 0 Å². The van der Waals surface area contributed by atoms with Crippen LogP contribution in [0.25, 0.3) is 0 Å². The maximum absolute atomic E-state index is 12.3. The number of thioether (sulfide) groups is 1. The Morgan fingerprint density at radius 2 is 1.63 bits per heavy atom. The minimum atomic E-state index is -1.01. The monoisotopic (exact) mass is 285 g/mol. The van der Waals surface area contributed by atoms with Gasteiger partial charge < -0.3 is 10.4 Å². The number of carbonyl (C=O) groups is 2. The average molecular weight is 285 g/mol. The number of aliphatic carboxylic acids is 1. The van der Waals surface area contributed by atoms with Crippen molar-refractivity contribution in [2.75, 3.05) is 11.5 Å². The van der Waals surface area contributed by atoms with Gasteiger partial charge in [-0.2, -0.15) is 11.8 Å². The second-order valence-electron chi connectivity index (χ2n) is 5.68. The van der Waals surface area contributed by atoms with Crippen molar-refractivity contribution < 1.29 is 14.7 Å². The molecule has 2 aliphatic rings. The van der Waals surface area contributed by atoms with Crippen LogP contribution in [0.1, 0.15) is 51.4 Å². The molecular formula is C14H23NO3S. The summed E-state index contributed by atoms with van der Waals surface area (Å²) in [6.07, 6.45) is 7.50. The summed E-state index contributed by atoms with van der Waals surface area (Å²) in [6, 6.07) is 0. The molecule has 0 atom stereocenters. The van der Waals surface area contributed by atoms with Crippen molar-refractivity contribution in [1.82, 2.24) is 5.32 Å². The standard InChI is InChI=1S/C14H23NO3S/c16-12(11-5-3-1-2-4-6-11)15-14(13(17)18)7-9-19-10-8-14/h11H,1-10H2,(H,15,16)(H,17,18). The van der Waals surface area contributed by atoms with Gasteiger partial charge in [-0.05, 0) is 37.2 Å². The minimum absolute atomic E-state index is 0.0216. The predicted octanol–water partition coefficient (Wildman–Crippen LogP) is 2.42. The number of amides is 1. The average Bonchev–Trinajstić information content (AvgIpc) is 2.68. The summed E-state index contributed by atoms with van der Waals surface area (Å²) >= 11 is 1.77. The first-order valence-electron chi connectivity index (χ1n) is 7.27. The number of nitrogens with one attached hydrogen (secondary N) is 1. The van der Waals surface area contributed by atoms with Gasteiger partial charge in [-0.3, -0.25) is 4.79 Å². The van der Waals surface area contributed by atoms with E-state index in [9.17, 15) is 14.7 Å². The van der Waals surface area contributed by atoms with Crippen LogP contribution in [0.15, 0.2) is 0 Å². The Bertz CT molecular complexity index is 332. The van der Waals surface area contributed by atoms with E-state index in [2.05, 4.69) is 5.32 Å². The molecule has 0 aromatic rings. The van der Waals surface area contributed by atoms with Gasteiger partial charge in [0.05, 0.1) is 0 Å². The Hall–Kier alpha value is -0.710. The smallest absolute Gasteiger partial charge is 0.329 e. The molecule has 1 aliphatic heterocycles. The molecule has 1 saturated heterocycles. The van der Waals surface area contributed by atoms with Crippen molar-refractivity contribution >= 4 is 23.6 Å². The second-order valence-corrected chi connectivity index (χ2v) is 6.90. The zero-order chi connectivity index (χ0) is 13.7. The third-order valence-corrected chi connectivity index (χ3v) is 5.33. The molecule has 0 aromatic carbocycles. The molecule has 0 aromatic heterocycles. The van der Waals surface area contributed by atoms with Gasteiger partial charge in [0.2, 0.25) is 5.91 Å². The van der Waals surface area contributed by atoms with E-state index < -0.39 is 11.5 Å². The Balaban J connectivity index is 1.99. The highest BCUT2D eigenvalue weighted by molar-refractivity contribution is 7.99. The summed E-state index contributed by atoms with van der Waals surface area (Å²) in [5, 5.41) is 12.3. The van der Waals surface area contributed by atoms with Gasteiger partial charge in [-0.1, -0.05) is 25.7 Å². The van der Waals surface area contributed by atoms with Gasteiger partial charge in [0.25, 0.3) is 0 Å². The first-order chi connectivity index (χ1) is 9.14. The number of carbonyl (C=O) groups excluding carboxylic acids is 1. The minimum Gasteiger partial charge on any atom is -0.480 e. The number of hydrogen-bond donors (Lipinski definition) is 2. The van der Waals surface area contributed by atoms with Crippen LogP contribution in [0.5, 0.6) is 0 Å². The summed E-state index contributed by atoms with van der Waals surface area (Å²) in [4.78, 5) is 23.9. The molecule has 2 rings (SSSR count). The fourth-order valence-electron chi connectivity index (χ4n) is 2.99. The third kappa shape index (κ3) is 3.65. The fourth-order valence-corrected chi connectivity index (χ4v) is 4.18. The van der Waals surface area contributed by atoms with Gasteiger partial charge in [0.1, 0.15) is 5.54 Å². The Labute approximate surface area is 118 Å². The highest BCUT2D eigenvalue weighted by Crippen LogP contribution is 2.29. The summed E-state index contributed by atoms with van der Waals surface area (Å²) < 4.78 is 0. The first-order valence-corrected chi connectivity index (χ1v) is 8.43. The lowest BCUT2D eigenvalue weighted by Crippen LogP contribution is -2.57. The van der Waals surface area contributed by atoms with Crippen LogP contribution in [-0.4, -0.2) is 34.0 Å². The molecule has 4 nitrogen and oxygen atoms in total. The summed E-state index contributed by atoms with van der Waals surface area (Å²) in [5.41, 5.74) is -1.01. The van der Waals surface area contributed by atoms with E-state index in [0.717, 1.165) is 37.2 Å². The maximum Gasteiger partial charge on any atom is 0.329 e. The Morgan fingerprint density at radius 3 is 2.16 bits per heavy atom.